The first kappa shape index (κ1) is 11.4. The summed E-state index contributed by atoms with van der Waals surface area (Å²) in [4.78, 5) is 10.7. The monoisotopic (exact) mass is 212 g/mol. The maximum absolute atomic E-state index is 10.7. The van der Waals surface area contributed by atoms with Crippen LogP contribution >= 0.6 is 11.8 Å². The summed E-state index contributed by atoms with van der Waals surface area (Å²) in [7, 11) is 0. The number of ketones is 1. The van der Waals surface area contributed by atoms with Gasteiger partial charge in [-0.2, -0.15) is 11.8 Å². The highest BCUT2D eigenvalue weighted by Crippen LogP contribution is 2.16. The zero-order chi connectivity index (χ0) is 10.4. The van der Waals surface area contributed by atoms with Crippen LogP contribution in [-0.4, -0.2) is 11.5 Å². The Morgan fingerprint density at radius 2 is 2.14 bits per heavy atom. The van der Waals surface area contributed by atoms with E-state index in [0.29, 0.717) is 6.42 Å². The van der Waals surface area contributed by atoms with Crippen molar-refractivity contribution in [3.05, 3.63) is 23.7 Å². The Labute approximate surface area is 89.1 Å². The molecule has 0 bridgehead atoms. The molecule has 1 aromatic heterocycles. The first-order chi connectivity index (χ1) is 6.72. The standard InChI is InChI=1S/C11H16O2S/c1-3-10-4-5-11(13-10)8-14-7-6-9(2)12/h4-5H,3,6-8H2,1-2H3. The Morgan fingerprint density at radius 1 is 1.43 bits per heavy atom. The minimum Gasteiger partial charge on any atom is -0.465 e. The molecule has 1 aromatic rings. The molecule has 0 unspecified atom stereocenters. The van der Waals surface area contributed by atoms with Crippen molar-refractivity contribution in [3.63, 3.8) is 0 Å². The predicted molar refractivity (Wildman–Crippen MR) is 59.5 cm³/mol. The summed E-state index contributed by atoms with van der Waals surface area (Å²) in [6.45, 7) is 3.70. The topological polar surface area (TPSA) is 30.2 Å². The first-order valence-electron chi connectivity index (χ1n) is 4.87. The smallest absolute Gasteiger partial charge is 0.130 e. The van der Waals surface area contributed by atoms with Gasteiger partial charge in [-0.15, -0.1) is 0 Å². The molecule has 0 aliphatic heterocycles. The van der Waals surface area contributed by atoms with E-state index < -0.39 is 0 Å². The second kappa shape index (κ2) is 5.91. The molecule has 2 nitrogen and oxygen atoms in total. The molecule has 78 valence electrons. The van der Waals surface area contributed by atoms with Gasteiger partial charge in [0.15, 0.2) is 0 Å². The number of carbonyl (C=O) groups excluding carboxylic acids is 1. The quantitative estimate of drug-likeness (QED) is 0.679. The number of furan rings is 1. The van der Waals surface area contributed by atoms with Crippen LogP contribution in [0.4, 0.5) is 0 Å². The van der Waals surface area contributed by atoms with Crippen LogP contribution in [0.15, 0.2) is 16.5 Å². The molecule has 1 rings (SSSR count). The van der Waals surface area contributed by atoms with E-state index in [4.69, 9.17) is 4.42 Å². The van der Waals surface area contributed by atoms with E-state index in [1.807, 2.05) is 12.1 Å². The fourth-order valence-corrected chi connectivity index (χ4v) is 2.01. The molecule has 1 heterocycles. The lowest BCUT2D eigenvalue weighted by Gasteiger charge is -1.96. The van der Waals surface area contributed by atoms with Gasteiger partial charge < -0.3 is 4.42 Å². The lowest BCUT2D eigenvalue weighted by atomic mass is 10.4. The summed E-state index contributed by atoms with van der Waals surface area (Å²) in [5.74, 6) is 4.05. The molecule has 0 N–H and O–H groups in total. The number of Topliss-reactive ketones (excluding diaryl/α,β-unsaturated/α-hetero) is 1. The highest BCUT2D eigenvalue weighted by atomic mass is 32.2. The molecular formula is C11H16O2S. The Kier molecular flexibility index (Phi) is 4.80. The van der Waals surface area contributed by atoms with Crippen LogP contribution in [0.2, 0.25) is 0 Å². The van der Waals surface area contributed by atoms with E-state index in [2.05, 4.69) is 6.92 Å². The molecule has 14 heavy (non-hydrogen) atoms. The normalized spacial score (nSPS) is 10.4. The van der Waals surface area contributed by atoms with Crippen LogP contribution < -0.4 is 0 Å². The third-order valence-electron chi connectivity index (χ3n) is 1.91. The van der Waals surface area contributed by atoms with Gasteiger partial charge in [-0.05, 0) is 19.1 Å². The van der Waals surface area contributed by atoms with E-state index >= 15 is 0 Å². The highest BCUT2D eigenvalue weighted by Gasteiger charge is 2.00. The van der Waals surface area contributed by atoms with Gasteiger partial charge in [-0.3, -0.25) is 4.79 Å². The van der Waals surface area contributed by atoms with Gasteiger partial charge in [0.05, 0.1) is 5.75 Å². The maximum atomic E-state index is 10.7. The van der Waals surface area contributed by atoms with Crippen LogP contribution in [-0.2, 0) is 17.0 Å². The van der Waals surface area contributed by atoms with Crippen LogP contribution in [0.3, 0.4) is 0 Å². The number of rotatable bonds is 6. The van der Waals surface area contributed by atoms with E-state index in [1.54, 1.807) is 18.7 Å². The van der Waals surface area contributed by atoms with Gasteiger partial charge >= 0.3 is 0 Å². The molecule has 0 amide bonds. The number of thioether (sulfide) groups is 1. The number of hydrogen-bond acceptors (Lipinski definition) is 3. The Morgan fingerprint density at radius 3 is 2.71 bits per heavy atom. The van der Waals surface area contributed by atoms with Crippen molar-refractivity contribution >= 4 is 17.5 Å². The van der Waals surface area contributed by atoms with Gasteiger partial charge in [0.1, 0.15) is 17.3 Å². The summed E-state index contributed by atoms with van der Waals surface area (Å²) < 4.78 is 5.53. The molecule has 0 spiro atoms. The fourth-order valence-electron chi connectivity index (χ4n) is 1.08. The van der Waals surface area contributed by atoms with Crippen LogP contribution in [0.25, 0.3) is 0 Å². The molecule has 0 aliphatic rings. The van der Waals surface area contributed by atoms with Crippen molar-refractivity contribution in [2.75, 3.05) is 5.75 Å². The molecule has 0 atom stereocenters. The second-order valence-corrected chi connectivity index (χ2v) is 4.33. The molecule has 0 fully saturated rings. The Bertz CT molecular complexity index is 291. The summed E-state index contributed by atoms with van der Waals surface area (Å²) >= 11 is 1.74. The number of aryl methyl sites for hydroxylation is 1. The van der Waals surface area contributed by atoms with Gasteiger partial charge in [0, 0.05) is 18.6 Å². The molecular weight excluding hydrogens is 196 g/mol. The summed E-state index contributed by atoms with van der Waals surface area (Å²) in [6, 6.07) is 4.03. The first-order valence-corrected chi connectivity index (χ1v) is 6.02. The summed E-state index contributed by atoms with van der Waals surface area (Å²) in [5, 5.41) is 0. The van der Waals surface area contributed by atoms with Crippen molar-refractivity contribution in [1.82, 2.24) is 0 Å². The van der Waals surface area contributed by atoms with Crippen LogP contribution in [0.5, 0.6) is 0 Å². The third-order valence-corrected chi connectivity index (χ3v) is 2.89. The molecule has 0 aromatic carbocycles. The molecule has 0 radical (unpaired) electrons. The molecule has 0 saturated carbocycles. The Balaban J connectivity index is 2.21. The van der Waals surface area contributed by atoms with E-state index in [9.17, 15) is 4.79 Å². The average molecular weight is 212 g/mol. The maximum Gasteiger partial charge on any atom is 0.130 e. The third kappa shape index (κ3) is 4.01. The number of hydrogen-bond donors (Lipinski definition) is 0. The van der Waals surface area contributed by atoms with Crippen molar-refractivity contribution in [2.24, 2.45) is 0 Å². The summed E-state index contributed by atoms with van der Waals surface area (Å²) in [6.07, 6.45) is 1.60. The predicted octanol–water partition coefficient (Wildman–Crippen LogP) is 3.05. The van der Waals surface area contributed by atoms with Crippen molar-refractivity contribution < 1.29 is 9.21 Å². The second-order valence-electron chi connectivity index (χ2n) is 3.23. The number of carbonyl (C=O) groups is 1. The van der Waals surface area contributed by atoms with Crippen molar-refractivity contribution in [3.8, 4) is 0 Å². The fraction of sp³-hybridized carbons (Fsp3) is 0.545. The Hall–Kier alpha value is -0.700. The van der Waals surface area contributed by atoms with E-state index in [0.717, 1.165) is 29.4 Å². The largest absolute Gasteiger partial charge is 0.465 e. The van der Waals surface area contributed by atoms with Gasteiger partial charge in [-0.1, -0.05) is 6.92 Å². The molecule has 0 aliphatic carbocycles. The lowest BCUT2D eigenvalue weighted by Crippen LogP contribution is -1.91. The summed E-state index contributed by atoms with van der Waals surface area (Å²) in [5.41, 5.74) is 0. The SMILES string of the molecule is CCc1ccc(CSCCC(C)=O)o1. The average Bonchev–Trinajstić information content (AvgIpc) is 2.60. The lowest BCUT2D eigenvalue weighted by molar-refractivity contribution is -0.116. The van der Waals surface area contributed by atoms with E-state index in [1.165, 1.54) is 0 Å². The van der Waals surface area contributed by atoms with Gasteiger partial charge in [-0.25, -0.2) is 0 Å². The van der Waals surface area contributed by atoms with Crippen LogP contribution in [0, 0.1) is 0 Å². The van der Waals surface area contributed by atoms with Crippen molar-refractivity contribution in [2.45, 2.75) is 32.4 Å². The van der Waals surface area contributed by atoms with Crippen molar-refractivity contribution in [1.29, 1.82) is 0 Å². The van der Waals surface area contributed by atoms with Crippen LogP contribution in [0.1, 0.15) is 31.8 Å². The zero-order valence-electron chi connectivity index (χ0n) is 8.71. The minimum atomic E-state index is 0.256. The van der Waals surface area contributed by atoms with Gasteiger partial charge in [0.2, 0.25) is 0 Å². The molecule has 0 saturated heterocycles. The highest BCUT2D eigenvalue weighted by molar-refractivity contribution is 7.98. The zero-order valence-corrected chi connectivity index (χ0v) is 9.52. The van der Waals surface area contributed by atoms with E-state index in [-0.39, 0.29) is 5.78 Å². The molecule has 3 heteroatoms. The minimum absolute atomic E-state index is 0.256. The van der Waals surface area contributed by atoms with Gasteiger partial charge in [0.25, 0.3) is 0 Å².